The minimum Gasteiger partial charge on any atom is -0.508 e. The zero-order valence-electron chi connectivity index (χ0n) is 10.3. The number of amides is 1. The number of rotatable bonds is 3. The predicted molar refractivity (Wildman–Crippen MR) is 72.9 cm³/mol. The summed E-state index contributed by atoms with van der Waals surface area (Å²) < 4.78 is 0. The van der Waals surface area contributed by atoms with Gasteiger partial charge in [0.15, 0.2) is 11.5 Å². The van der Waals surface area contributed by atoms with Crippen molar-refractivity contribution in [1.82, 2.24) is 5.43 Å². The average Bonchev–Trinajstić information content (AvgIpc) is 2.44. The van der Waals surface area contributed by atoms with Gasteiger partial charge in [-0.1, -0.05) is 6.07 Å². The molecule has 2 aromatic rings. The van der Waals surface area contributed by atoms with Gasteiger partial charge in [-0.25, -0.2) is 5.43 Å². The van der Waals surface area contributed by atoms with E-state index in [1.807, 2.05) is 0 Å². The van der Waals surface area contributed by atoms with Crippen LogP contribution in [0.1, 0.15) is 15.9 Å². The first-order chi connectivity index (χ1) is 9.58. The molecule has 4 N–H and O–H groups in total. The Morgan fingerprint density at radius 3 is 2.45 bits per heavy atom. The van der Waals surface area contributed by atoms with Crippen molar-refractivity contribution in [2.24, 2.45) is 5.10 Å². The van der Waals surface area contributed by atoms with Gasteiger partial charge in [0.05, 0.1) is 6.21 Å². The van der Waals surface area contributed by atoms with Gasteiger partial charge in [0.1, 0.15) is 5.75 Å². The van der Waals surface area contributed by atoms with Crippen LogP contribution in [0.5, 0.6) is 17.2 Å². The van der Waals surface area contributed by atoms with E-state index in [1.165, 1.54) is 48.7 Å². The number of hydrazone groups is 1. The fraction of sp³-hybridized carbons (Fsp3) is 0. The van der Waals surface area contributed by atoms with Crippen molar-refractivity contribution in [1.29, 1.82) is 0 Å². The van der Waals surface area contributed by atoms with Crippen LogP contribution in [0.2, 0.25) is 0 Å². The molecule has 6 nitrogen and oxygen atoms in total. The number of carbonyl (C=O) groups is 1. The third-order valence-corrected chi connectivity index (χ3v) is 2.55. The van der Waals surface area contributed by atoms with Crippen molar-refractivity contribution < 1.29 is 20.1 Å². The van der Waals surface area contributed by atoms with Crippen LogP contribution in [-0.4, -0.2) is 27.4 Å². The number of benzene rings is 2. The van der Waals surface area contributed by atoms with Crippen LogP contribution < -0.4 is 5.43 Å². The van der Waals surface area contributed by atoms with Gasteiger partial charge in [0, 0.05) is 11.1 Å². The molecule has 2 rings (SSSR count). The molecule has 2 aromatic carbocycles. The highest BCUT2D eigenvalue weighted by Crippen LogP contribution is 2.26. The lowest BCUT2D eigenvalue weighted by molar-refractivity contribution is 0.0955. The van der Waals surface area contributed by atoms with Crippen LogP contribution >= 0.6 is 0 Å². The van der Waals surface area contributed by atoms with Crippen molar-refractivity contribution in [2.75, 3.05) is 0 Å². The SMILES string of the molecule is O=C(N/N=C\c1cccc(O)c1O)c1ccc(O)cc1. The molecule has 0 aliphatic rings. The summed E-state index contributed by atoms with van der Waals surface area (Å²) in [5, 5.41) is 31.6. The van der Waals surface area contributed by atoms with Gasteiger partial charge in [0.25, 0.3) is 5.91 Å². The van der Waals surface area contributed by atoms with Gasteiger partial charge < -0.3 is 15.3 Å². The fourth-order valence-electron chi connectivity index (χ4n) is 1.49. The Labute approximate surface area is 114 Å². The van der Waals surface area contributed by atoms with E-state index in [0.717, 1.165) is 0 Å². The molecule has 0 aliphatic carbocycles. The summed E-state index contributed by atoms with van der Waals surface area (Å²) in [7, 11) is 0. The van der Waals surface area contributed by atoms with E-state index in [-0.39, 0.29) is 22.8 Å². The molecule has 0 spiro atoms. The molecule has 0 unspecified atom stereocenters. The summed E-state index contributed by atoms with van der Waals surface area (Å²) in [5.74, 6) is -0.968. The average molecular weight is 272 g/mol. The first kappa shape index (κ1) is 13.4. The lowest BCUT2D eigenvalue weighted by atomic mass is 10.2. The molecule has 0 radical (unpaired) electrons. The van der Waals surface area contributed by atoms with Crippen LogP contribution in [0.4, 0.5) is 0 Å². The number of hydrogen-bond acceptors (Lipinski definition) is 5. The quantitative estimate of drug-likeness (QED) is 0.387. The number of nitrogens with one attached hydrogen (secondary N) is 1. The molecule has 0 saturated heterocycles. The van der Waals surface area contributed by atoms with Crippen LogP contribution in [0.3, 0.4) is 0 Å². The summed E-state index contributed by atoms with van der Waals surface area (Å²) in [6.45, 7) is 0. The minimum atomic E-state index is -0.458. The van der Waals surface area contributed by atoms with Gasteiger partial charge in [-0.15, -0.1) is 0 Å². The Balaban J connectivity index is 2.04. The minimum absolute atomic E-state index is 0.0646. The molecular formula is C14H12N2O4. The summed E-state index contributed by atoms with van der Waals surface area (Å²) in [6.07, 6.45) is 1.22. The Morgan fingerprint density at radius 1 is 1.05 bits per heavy atom. The molecule has 6 heteroatoms. The summed E-state index contributed by atoms with van der Waals surface area (Å²) in [5.41, 5.74) is 2.88. The normalized spacial score (nSPS) is 10.6. The van der Waals surface area contributed by atoms with Crippen LogP contribution in [0, 0.1) is 0 Å². The highest BCUT2D eigenvalue weighted by atomic mass is 16.3. The number of phenolic OH excluding ortho intramolecular Hbond substituents is 3. The maximum absolute atomic E-state index is 11.7. The van der Waals surface area contributed by atoms with E-state index in [2.05, 4.69) is 10.5 Å². The van der Waals surface area contributed by atoms with E-state index >= 15 is 0 Å². The first-order valence-corrected chi connectivity index (χ1v) is 5.71. The van der Waals surface area contributed by atoms with Gasteiger partial charge >= 0.3 is 0 Å². The number of para-hydroxylation sites is 1. The number of aromatic hydroxyl groups is 3. The standard InChI is InChI=1S/C14H12N2O4/c17-11-6-4-9(5-7-11)14(20)16-15-8-10-2-1-3-12(18)13(10)19/h1-8,17-19H,(H,16,20)/b15-8-. The third kappa shape index (κ3) is 3.05. The molecule has 1 amide bonds. The van der Waals surface area contributed by atoms with E-state index in [1.54, 1.807) is 0 Å². The van der Waals surface area contributed by atoms with Crippen LogP contribution in [-0.2, 0) is 0 Å². The Hall–Kier alpha value is -3.02. The Kier molecular flexibility index (Phi) is 3.85. The molecule has 0 fully saturated rings. The van der Waals surface area contributed by atoms with E-state index in [0.29, 0.717) is 5.56 Å². The van der Waals surface area contributed by atoms with E-state index in [4.69, 9.17) is 5.11 Å². The molecule has 20 heavy (non-hydrogen) atoms. The largest absolute Gasteiger partial charge is 0.508 e. The highest BCUT2D eigenvalue weighted by Gasteiger charge is 2.05. The van der Waals surface area contributed by atoms with E-state index in [9.17, 15) is 15.0 Å². The Morgan fingerprint density at radius 2 is 1.75 bits per heavy atom. The second-order valence-electron chi connectivity index (χ2n) is 3.96. The second kappa shape index (κ2) is 5.75. The lowest BCUT2D eigenvalue weighted by Gasteiger charge is -2.02. The van der Waals surface area contributed by atoms with Crippen LogP contribution in [0.25, 0.3) is 0 Å². The Bertz CT molecular complexity index is 651. The molecule has 0 heterocycles. The smallest absolute Gasteiger partial charge is 0.271 e. The van der Waals surface area contributed by atoms with Crippen molar-refractivity contribution in [3.05, 3.63) is 53.6 Å². The van der Waals surface area contributed by atoms with Gasteiger partial charge in [-0.05, 0) is 36.4 Å². The second-order valence-corrected chi connectivity index (χ2v) is 3.96. The number of nitrogens with zero attached hydrogens (tertiary/aromatic N) is 1. The van der Waals surface area contributed by atoms with Crippen molar-refractivity contribution in [3.8, 4) is 17.2 Å². The molecule has 102 valence electrons. The fourth-order valence-corrected chi connectivity index (χ4v) is 1.49. The maximum Gasteiger partial charge on any atom is 0.271 e. The molecule has 0 atom stereocenters. The zero-order valence-corrected chi connectivity index (χ0v) is 10.3. The molecule has 0 saturated carbocycles. The van der Waals surface area contributed by atoms with Gasteiger partial charge in [-0.3, -0.25) is 4.79 Å². The number of phenols is 3. The van der Waals surface area contributed by atoms with Gasteiger partial charge in [-0.2, -0.15) is 5.10 Å². The van der Waals surface area contributed by atoms with Crippen molar-refractivity contribution in [2.45, 2.75) is 0 Å². The first-order valence-electron chi connectivity index (χ1n) is 5.71. The molecular weight excluding hydrogens is 260 g/mol. The lowest BCUT2D eigenvalue weighted by Crippen LogP contribution is -2.17. The summed E-state index contributed by atoms with van der Waals surface area (Å²) in [4.78, 5) is 11.7. The van der Waals surface area contributed by atoms with Crippen molar-refractivity contribution >= 4 is 12.1 Å². The third-order valence-electron chi connectivity index (χ3n) is 2.55. The highest BCUT2D eigenvalue weighted by molar-refractivity contribution is 5.95. The predicted octanol–water partition coefficient (Wildman–Crippen LogP) is 1.57. The van der Waals surface area contributed by atoms with Gasteiger partial charge in [0.2, 0.25) is 0 Å². The maximum atomic E-state index is 11.7. The summed E-state index contributed by atoms with van der Waals surface area (Å²) in [6, 6.07) is 10.1. The number of carbonyl (C=O) groups excluding carboxylic acids is 1. The van der Waals surface area contributed by atoms with Crippen LogP contribution in [0.15, 0.2) is 47.6 Å². The molecule has 0 aliphatic heterocycles. The number of hydrogen-bond donors (Lipinski definition) is 4. The van der Waals surface area contributed by atoms with Crippen molar-refractivity contribution in [3.63, 3.8) is 0 Å². The monoisotopic (exact) mass is 272 g/mol. The molecule has 0 aromatic heterocycles. The zero-order chi connectivity index (χ0) is 14.5. The topological polar surface area (TPSA) is 102 Å². The van der Waals surface area contributed by atoms with E-state index < -0.39 is 5.91 Å². The molecule has 0 bridgehead atoms. The summed E-state index contributed by atoms with van der Waals surface area (Å²) >= 11 is 0.